The summed E-state index contributed by atoms with van der Waals surface area (Å²) in [5.74, 6) is -2.12. The average molecular weight is 254 g/mol. The summed E-state index contributed by atoms with van der Waals surface area (Å²) in [6.45, 7) is 0.234. The number of rotatable bonds is 2. The van der Waals surface area contributed by atoms with Crippen molar-refractivity contribution >= 4 is 17.7 Å². The first-order chi connectivity index (χ1) is 8.61. The molecule has 1 unspecified atom stereocenters. The molecule has 3 amide bonds. The average Bonchev–Trinajstić information content (AvgIpc) is 2.43. The van der Waals surface area contributed by atoms with Crippen molar-refractivity contribution in [2.45, 2.75) is 6.04 Å². The van der Waals surface area contributed by atoms with Crippen molar-refractivity contribution in [1.29, 1.82) is 5.26 Å². The summed E-state index contributed by atoms with van der Waals surface area (Å²) in [5.41, 5.74) is 0. The van der Waals surface area contributed by atoms with Gasteiger partial charge >= 0.3 is 11.8 Å². The number of amides is 3. The van der Waals surface area contributed by atoms with Crippen molar-refractivity contribution < 1.29 is 19.1 Å². The van der Waals surface area contributed by atoms with Gasteiger partial charge in [-0.2, -0.15) is 5.26 Å². The van der Waals surface area contributed by atoms with E-state index in [4.69, 9.17) is 10.00 Å². The largest absolute Gasteiger partial charge is 0.377 e. The summed E-state index contributed by atoms with van der Waals surface area (Å²) >= 11 is 0. The molecule has 1 rings (SSSR count). The Morgan fingerprint density at radius 2 is 2.22 bits per heavy atom. The van der Waals surface area contributed by atoms with Gasteiger partial charge in [0.2, 0.25) is 5.91 Å². The molecule has 0 aromatic heterocycles. The smallest absolute Gasteiger partial charge is 0.312 e. The summed E-state index contributed by atoms with van der Waals surface area (Å²) in [6.07, 6.45) is 0. The van der Waals surface area contributed by atoms with E-state index < -0.39 is 23.8 Å². The zero-order chi connectivity index (χ0) is 13.5. The topological polar surface area (TPSA) is 112 Å². The SMILES string of the molecule is CNC(=O)C1COCCN1C(=O)C(=O)NCC#N. The van der Waals surface area contributed by atoms with E-state index >= 15 is 0 Å². The number of morpholine rings is 1. The Hall–Kier alpha value is -2.14. The molecule has 1 atom stereocenters. The van der Waals surface area contributed by atoms with E-state index in [9.17, 15) is 14.4 Å². The maximum Gasteiger partial charge on any atom is 0.312 e. The molecule has 8 nitrogen and oxygen atoms in total. The molecule has 18 heavy (non-hydrogen) atoms. The van der Waals surface area contributed by atoms with Crippen molar-refractivity contribution in [1.82, 2.24) is 15.5 Å². The van der Waals surface area contributed by atoms with E-state index in [0.29, 0.717) is 0 Å². The molecular formula is C10H14N4O4. The van der Waals surface area contributed by atoms with Crippen LogP contribution in [0.4, 0.5) is 0 Å². The van der Waals surface area contributed by atoms with Crippen molar-refractivity contribution in [2.75, 3.05) is 33.4 Å². The number of likely N-dealkylation sites (N-methyl/N-ethyl adjacent to an activating group) is 1. The molecule has 1 saturated heterocycles. The Balaban J connectivity index is 2.71. The van der Waals surface area contributed by atoms with Crippen LogP contribution in [0.3, 0.4) is 0 Å². The third kappa shape index (κ3) is 3.18. The number of carbonyl (C=O) groups is 3. The second kappa shape index (κ2) is 6.56. The van der Waals surface area contributed by atoms with Gasteiger partial charge in [-0.1, -0.05) is 0 Å². The lowest BCUT2D eigenvalue weighted by atomic mass is 10.2. The van der Waals surface area contributed by atoms with E-state index in [0.717, 1.165) is 4.90 Å². The highest BCUT2D eigenvalue weighted by atomic mass is 16.5. The maximum absolute atomic E-state index is 11.8. The highest BCUT2D eigenvalue weighted by Gasteiger charge is 2.35. The van der Waals surface area contributed by atoms with Crippen LogP contribution in [0, 0.1) is 11.3 Å². The molecule has 8 heteroatoms. The quantitative estimate of drug-likeness (QED) is 0.421. The molecule has 0 saturated carbocycles. The minimum absolute atomic E-state index is 0.0525. The lowest BCUT2D eigenvalue weighted by Crippen LogP contribution is -2.58. The summed E-state index contributed by atoms with van der Waals surface area (Å²) in [4.78, 5) is 35.9. The van der Waals surface area contributed by atoms with Gasteiger partial charge < -0.3 is 20.3 Å². The van der Waals surface area contributed by atoms with Crippen LogP contribution in [-0.4, -0.2) is 62.0 Å². The molecule has 1 aliphatic rings. The highest BCUT2D eigenvalue weighted by Crippen LogP contribution is 2.07. The summed E-state index contributed by atoms with van der Waals surface area (Å²) in [6, 6.07) is 0.879. The third-order valence-electron chi connectivity index (χ3n) is 2.46. The third-order valence-corrected chi connectivity index (χ3v) is 2.46. The predicted molar refractivity (Wildman–Crippen MR) is 59.0 cm³/mol. The number of nitriles is 1. The predicted octanol–water partition coefficient (Wildman–Crippen LogP) is -2.40. The summed E-state index contributed by atoms with van der Waals surface area (Å²) in [7, 11) is 1.44. The van der Waals surface area contributed by atoms with Gasteiger partial charge in [0, 0.05) is 13.6 Å². The van der Waals surface area contributed by atoms with Crippen molar-refractivity contribution in [2.24, 2.45) is 0 Å². The fourth-order valence-corrected chi connectivity index (χ4v) is 1.56. The van der Waals surface area contributed by atoms with Crippen LogP contribution in [0.25, 0.3) is 0 Å². The number of carbonyl (C=O) groups excluding carboxylic acids is 3. The first-order valence-corrected chi connectivity index (χ1v) is 5.37. The minimum atomic E-state index is -0.896. The van der Waals surface area contributed by atoms with Gasteiger partial charge in [0.05, 0.1) is 19.3 Å². The Morgan fingerprint density at radius 1 is 1.50 bits per heavy atom. The van der Waals surface area contributed by atoms with E-state index in [2.05, 4.69) is 10.6 Å². The fraction of sp³-hybridized carbons (Fsp3) is 0.600. The van der Waals surface area contributed by atoms with E-state index in [1.165, 1.54) is 7.05 Å². The first kappa shape index (κ1) is 13.9. The Morgan fingerprint density at radius 3 is 2.83 bits per heavy atom. The van der Waals surface area contributed by atoms with Crippen LogP contribution in [0.1, 0.15) is 0 Å². The van der Waals surface area contributed by atoms with Crippen LogP contribution in [-0.2, 0) is 19.1 Å². The Bertz CT molecular complexity index is 390. The van der Waals surface area contributed by atoms with Crippen LogP contribution in [0.15, 0.2) is 0 Å². The second-order valence-corrected chi connectivity index (χ2v) is 3.54. The van der Waals surface area contributed by atoms with E-state index in [1.807, 2.05) is 0 Å². The van der Waals surface area contributed by atoms with Crippen molar-refractivity contribution in [3.63, 3.8) is 0 Å². The normalized spacial score (nSPS) is 18.7. The van der Waals surface area contributed by atoms with Gasteiger partial charge in [0.25, 0.3) is 0 Å². The lowest BCUT2D eigenvalue weighted by molar-refractivity contribution is -0.155. The van der Waals surface area contributed by atoms with Crippen molar-refractivity contribution in [3.8, 4) is 6.07 Å². The first-order valence-electron chi connectivity index (χ1n) is 5.37. The molecule has 0 aliphatic carbocycles. The maximum atomic E-state index is 11.8. The summed E-state index contributed by atoms with van der Waals surface area (Å²) < 4.78 is 5.11. The van der Waals surface area contributed by atoms with Crippen LogP contribution < -0.4 is 10.6 Å². The fourth-order valence-electron chi connectivity index (χ4n) is 1.56. The lowest BCUT2D eigenvalue weighted by Gasteiger charge is -2.33. The molecule has 0 aromatic carbocycles. The van der Waals surface area contributed by atoms with Gasteiger partial charge in [0.1, 0.15) is 12.6 Å². The second-order valence-electron chi connectivity index (χ2n) is 3.54. The number of ether oxygens (including phenoxy) is 1. The zero-order valence-electron chi connectivity index (χ0n) is 9.93. The molecule has 2 N–H and O–H groups in total. The molecular weight excluding hydrogens is 240 g/mol. The van der Waals surface area contributed by atoms with Crippen molar-refractivity contribution in [3.05, 3.63) is 0 Å². The standard InChI is InChI=1S/C10H14N4O4/c1-12-8(15)7-6-18-5-4-14(7)10(17)9(16)13-3-2-11/h7H,3-6H2,1H3,(H,12,15)(H,13,16). The minimum Gasteiger partial charge on any atom is -0.377 e. The number of nitrogens with one attached hydrogen (secondary N) is 2. The molecule has 0 bridgehead atoms. The van der Waals surface area contributed by atoms with E-state index in [-0.39, 0.29) is 26.3 Å². The van der Waals surface area contributed by atoms with Gasteiger partial charge in [-0.25, -0.2) is 0 Å². The number of nitrogens with zero attached hydrogens (tertiary/aromatic N) is 2. The monoisotopic (exact) mass is 254 g/mol. The van der Waals surface area contributed by atoms with Crippen LogP contribution in [0.2, 0.25) is 0 Å². The zero-order valence-corrected chi connectivity index (χ0v) is 9.93. The van der Waals surface area contributed by atoms with Gasteiger partial charge in [-0.05, 0) is 0 Å². The van der Waals surface area contributed by atoms with E-state index in [1.54, 1.807) is 6.07 Å². The highest BCUT2D eigenvalue weighted by molar-refractivity contribution is 6.35. The van der Waals surface area contributed by atoms with Gasteiger partial charge in [0.15, 0.2) is 0 Å². The Labute approximate surface area is 104 Å². The summed E-state index contributed by atoms with van der Waals surface area (Å²) in [5, 5.41) is 12.9. The molecule has 1 aliphatic heterocycles. The van der Waals surface area contributed by atoms with Crippen LogP contribution >= 0.6 is 0 Å². The molecule has 0 spiro atoms. The molecule has 1 fully saturated rings. The molecule has 98 valence electrons. The number of hydrogen-bond acceptors (Lipinski definition) is 5. The Kier molecular flexibility index (Phi) is 5.07. The van der Waals surface area contributed by atoms with Gasteiger partial charge in [-0.15, -0.1) is 0 Å². The molecule has 1 heterocycles. The molecule has 0 radical (unpaired) electrons. The van der Waals surface area contributed by atoms with Crippen LogP contribution in [0.5, 0.6) is 0 Å². The molecule has 0 aromatic rings. The number of hydrogen-bond donors (Lipinski definition) is 2. The van der Waals surface area contributed by atoms with Gasteiger partial charge in [-0.3, -0.25) is 14.4 Å².